The highest BCUT2D eigenvalue weighted by Crippen LogP contribution is 2.47. The summed E-state index contributed by atoms with van der Waals surface area (Å²) in [6.07, 6.45) is 4.10. The number of aliphatic hydroxyl groups excluding tert-OH is 1. The SMILES string of the molecule is CC(C)C1Cc2cc3nc(C(N)=O)sc3nc2C([C@@H](CCN2CCC(O)CC2)c2ccc(N3CCOC3=O)cc2)C1. The third-order valence-electron chi connectivity index (χ3n) is 9.23. The smallest absolute Gasteiger partial charge is 0.414 e. The molecule has 1 aliphatic carbocycles. The lowest BCUT2D eigenvalue weighted by molar-refractivity contribution is 0.0803. The second-order valence-electron chi connectivity index (χ2n) is 12.1. The lowest BCUT2D eigenvalue weighted by Gasteiger charge is -2.39. The van der Waals surface area contributed by atoms with E-state index in [0.29, 0.717) is 30.0 Å². The van der Waals surface area contributed by atoms with Crippen molar-refractivity contribution in [1.29, 1.82) is 0 Å². The Labute approximate surface area is 244 Å². The molecular weight excluding hydrogens is 538 g/mol. The van der Waals surface area contributed by atoms with Crippen LogP contribution in [0.5, 0.6) is 0 Å². The number of amides is 2. The summed E-state index contributed by atoms with van der Waals surface area (Å²) in [6.45, 7) is 8.35. The normalized spacial score (nSPS) is 22.7. The van der Waals surface area contributed by atoms with Gasteiger partial charge in [0.25, 0.3) is 5.91 Å². The van der Waals surface area contributed by atoms with E-state index < -0.39 is 5.91 Å². The molecule has 10 heteroatoms. The van der Waals surface area contributed by atoms with Crippen LogP contribution in [0.15, 0.2) is 30.3 Å². The van der Waals surface area contributed by atoms with E-state index in [9.17, 15) is 14.7 Å². The molecule has 0 bridgehead atoms. The number of cyclic esters (lactones) is 1. The molecule has 0 saturated carbocycles. The highest BCUT2D eigenvalue weighted by molar-refractivity contribution is 7.19. The number of aliphatic hydroxyl groups is 1. The van der Waals surface area contributed by atoms with Gasteiger partial charge in [-0.05, 0) is 85.7 Å². The monoisotopic (exact) mass is 577 g/mol. The molecule has 4 heterocycles. The molecule has 2 aromatic heterocycles. The molecule has 6 rings (SSSR count). The number of rotatable bonds is 8. The fraction of sp³-hybridized carbons (Fsp3) is 0.548. The molecule has 218 valence electrons. The van der Waals surface area contributed by atoms with Crippen LogP contribution in [0.2, 0.25) is 0 Å². The zero-order chi connectivity index (χ0) is 28.7. The average Bonchev–Trinajstić information content (AvgIpc) is 3.59. The summed E-state index contributed by atoms with van der Waals surface area (Å²) in [5, 5.41) is 10.3. The van der Waals surface area contributed by atoms with E-state index in [2.05, 4.69) is 41.9 Å². The minimum absolute atomic E-state index is 0.194. The molecule has 0 spiro atoms. The Morgan fingerprint density at radius 2 is 1.93 bits per heavy atom. The number of thiazole rings is 1. The van der Waals surface area contributed by atoms with Crippen molar-refractivity contribution in [1.82, 2.24) is 14.9 Å². The standard InChI is InChI=1S/C31H39N5O4S/c1-18(2)20-15-21-17-26-29(41-30(33-26)28(32)38)34-27(21)25(16-20)24(9-12-35-10-7-23(37)8-11-35)19-3-5-22(6-4-19)36-13-14-40-31(36)39/h3-6,17-18,20,23-25,37H,7-16H2,1-2H3,(H2,32,38)/t20?,24-,25?/m0/s1. The molecule has 2 aliphatic heterocycles. The number of nitrogens with zero attached hydrogens (tertiary/aromatic N) is 4. The highest BCUT2D eigenvalue weighted by Gasteiger charge is 2.37. The van der Waals surface area contributed by atoms with Crippen LogP contribution >= 0.6 is 11.3 Å². The number of primary amides is 1. The van der Waals surface area contributed by atoms with Gasteiger partial charge in [-0.2, -0.15) is 0 Å². The minimum Gasteiger partial charge on any atom is -0.447 e. The van der Waals surface area contributed by atoms with E-state index in [-0.39, 0.29) is 24.0 Å². The van der Waals surface area contributed by atoms with E-state index >= 15 is 0 Å². The quantitative estimate of drug-likeness (QED) is 0.399. The molecule has 2 saturated heterocycles. The Morgan fingerprint density at radius 3 is 2.59 bits per heavy atom. The third-order valence-corrected chi connectivity index (χ3v) is 10.2. The fourth-order valence-corrected chi connectivity index (χ4v) is 7.55. The number of fused-ring (bicyclic) bond motifs is 2. The third kappa shape index (κ3) is 5.82. The van der Waals surface area contributed by atoms with Gasteiger partial charge in [0.2, 0.25) is 0 Å². The molecule has 41 heavy (non-hydrogen) atoms. The largest absolute Gasteiger partial charge is 0.447 e. The van der Waals surface area contributed by atoms with Crippen molar-refractivity contribution >= 4 is 39.4 Å². The molecule has 3 aliphatic rings. The molecule has 0 radical (unpaired) electrons. The molecule has 2 amide bonds. The summed E-state index contributed by atoms with van der Waals surface area (Å²) < 4.78 is 5.15. The number of likely N-dealkylation sites (tertiary alicyclic amines) is 1. The van der Waals surface area contributed by atoms with Crippen molar-refractivity contribution in [3.05, 3.63) is 52.2 Å². The van der Waals surface area contributed by atoms with Gasteiger partial charge in [0.05, 0.1) is 12.6 Å². The molecule has 3 N–H and O–H groups in total. The molecule has 1 aromatic carbocycles. The number of carbonyl (C=O) groups is 2. The Bertz CT molecular complexity index is 1420. The number of ether oxygens (including phenoxy) is 1. The van der Waals surface area contributed by atoms with Crippen LogP contribution in [0.1, 0.15) is 78.0 Å². The van der Waals surface area contributed by atoms with Crippen molar-refractivity contribution in [2.75, 3.05) is 37.7 Å². The zero-order valence-electron chi connectivity index (χ0n) is 23.8. The summed E-state index contributed by atoms with van der Waals surface area (Å²) in [5.74, 6) is 0.926. The number of aromatic nitrogens is 2. The Balaban J connectivity index is 1.37. The molecular formula is C31H39N5O4S. The topological polar surface area (TPSA) is 122 Å². The summed E-state index contributed by atoms with van der Waals surface area (Å²) in [5.41, 5.74) is 10.7. The van der Waals surface area contributed by atoms with E-state index in [4.69, 9.17) is 15.5 Å². The van der Waals surface area contributed by atoms with Crippen LogP contribution in [0.4, 0.5) is 10.5 Å². The van der Waals surface area contributed by atoms with Gasteiger partial charge < -0.3 is 20.5 Å². The fourth-order valence-electron chi connectivity index (χ4n) is 6.77. The van der Waals surface area contributed by atoms with Crippen LogP contribution in [-0.4, -0.2) is 70.9 Å². The Morgan fingerprint density at radius 1 is 1.17 bits per heavy atom. The lowest BCUT2D eigenvalue weighted by atomic mass is 9.68. The van der Waals surface area contributed by atoms with Crippen molar-refractivity contribution < 1.29 is 19.4 Å². The molecule has 3 atom stereocenters. The summed E-state index contributed by atoms with van der Waals surface area (Å²) in [7, 11) is 0. The van der Waals surface area contributed by atoms with Gasteiger partial charge in [0.15, 0.2) is 5.01 Å². The first-order valence-corrected chi connectivity index (χ1v) is 15.6. The number of nitrogens with two attached hydrogens (primary N) is 1. The maximum Gasteiger partial charge on any atom is 0.414 e. The zero-order valence-corrected chi connectivity index (χ0v) is 24.6. The Hall–Kier alpha value is -3.08. The molecule has 2 unspecified atom stereocenters. The average molecular weight is 578 g/mol. The number of piperidine rings is 1. The van der Waals surface area contributed by atoms with Crippen LogP contribution in [0, 0.1) is 11.8 Å². The van der Waals surface area contributed by atoms with Crippen LogP contribution in [-0.2, 0) is 11.2 Å². The van der Waals surface area contributed by atoms with Crippen LogP contribution in [0.25, 0.3) is 10.3 Å². The predicted molar refractivity (Wildman–Crippen MR) is 159 cm³/mol. The summed E-state index contributed by atoms with van der Waals surface area (Å²) in [6, 6.07) is 10.5. The van der Waals surface area contributed by atoms with E-state index in [0.717, 1.165) is 73.5 Å². The molecule has 3 aromatic rings. The number of benzene rings is 1. The van der Waals surface area contributed by atoms with E-state index in [1.165, 1.54) is 22.5 Å². The Kier molecular flexibility index (Phi) is 7.98. The van der Waals surface area contributed by atoms with Gasteiger partial charge in [-0.1, -0.05) is 37.3 Å². The predicted octanol–water partition coefficient (Wildman–Crippen LogP) is 4.68. The van der Waals surface area contributed by atoms with Gasteiger partial charge >= 0.3 is 6.09 Å². The molecule has 9 nitrogen and oxygen atoms in total. The van der Waals surface area contributed by atoms with Gasteiger partial charge in [-0.3, -0.25) is 9.69 Å². The summed E-state index contributed by atoms with van der Waals surface area (Å²) in [4.78, 5) is 38.6. The second kappa shape index (κ2) is 11.7. The number of hydrogen-bond acceptors (Lipinski definition) is 8. The van der Waals surface area contributed by atoms with Crippen LogP contribution in [0.3, 0.4) is 0 Å². The first kappa shape index (κ1) is 28.1. The number of pyridine rings is 1. The van der Waals surface area contributed by atoms with Crippen molar-refractivity contribution in [2.24, 2.45) is 17.6 Å². The maximum absolute atomic E-state index is 12.2. The first-order chi connectivity index (χ1) is 19.8. The van der Waals surface area contributed by atoms with Gasteiger partial charge in [0, 0.05) is 30.4 Å². The number of anilines is 1. The van der Waals surface area contributed by atoms with Crippen molar-refractivity contribution in [2.45, 2.75) is 63.9 Å². The van der Waals surface area contributed by atoms with Crippen molar-refractivity contribution in [3.63, 3.8) is 0 Å². The lowest BCUT2D eigenvalue weighted by Crippen LogP contribution is -2.37. The summed E-state index contributed by atoms with van der Waals surface area (Å²) >= 11 is 1.27. The molecule has 2 fully saturated rings. The van der Waals surface area contributed by atoms with Gasteiger partial charge in [0.1, 0.15) is 17.0 Å². The number of hydrogen-bond donors (Lipinski definition) is 2. The minimum atomic E-state index is -0.519. The van der Waals surface area contributed by atoms with Crippen molar-refractivity contribution in [3.8, 4) is 0 Å². The number of carbonyl (C=O) groups excluding carboxylic acids is 2. The maximum atomic E-state index is 12.2. The van der Waals surface area contributed by atoms with E-state index in [1.807, 2.05) is 12.1 Å². The van der Waals surface area contributed by atoms with Crippen LogP contribution < -0.4 is 10.6 Å². The van der Waals surface area contributed by atoms with Gasteiger partial charge in [-0.25, -0.2) is 14.8 Å². The highest BCUT2D eigenvalue weighted by atomic mass is 32.1. The first-order valence-electron chi connectivity index (χ1n) is 14.8. The second-order valence-corrected chi connectivity index (χ2v) is 13.1. The van der Waals surface area contributed by atoms with E-state index in [1.54, 1.807) is 4.90 Å². The van der Waals surface area contributed by atoms with Gasteiger partial charge in [-0.15, -0.1) is 0 Å².